The summed E-state index contributed by atoms with van der Waals surface area (Å²) in [6.45, 7) is 1.10. The first-order chi connectivity index (χ1) is 8.33. The van der Waals surface area contributed by atoms with Crippen molar-refractivity contribution in [3.8, 4) is 0 Å². The minimum absolute atomic E-state index is 0.153. The van der Waals surface area contributed by atoms with Crippen molar-refractivity contribution in [1.29, 1.82) is 0 Å². The molecule has 0 aliphatic heterocycles. The molecule has 3 heteroatoms. The van der Waals surface area contributed by atoms with E-state index >= 15 is 0 Å². The Bertz CT molecular complexity index is 400. The van der Waals surface area contributed by atoms with Gasteiger partial charge in [-0.3, -0.25) is 4.79 Å². The zero-order chi connectivity index (χ0) is 12.1. The van der Waals surface area contributed by atoms with E-state index in [4.69, 9.17) is 5.73 Å². The van der Waals surface area contributed by atoms with Gasteiger partial charge in [-0.2, -0.15) is 0 Å². The van der Waals surface area contributed by atoms with Crippen molar-refractivity contribution >= 4 is 5.91 Å². The van der Waals surface area contributed by atoms with E-state index in [9.17, 15) is 4.79 Å². The maximum Gasteiger partial charge on any atom is 0.223 e. The second-order valence-electron chi connectivity index (χ2n) is 4.31. The molecule has 0 bridgehead atoms. The van der Waals surface area contributed by atoms with Crippen molar-refractivity contribution in [1.82, 2.24) is 5.32 Å². The molecule has 0 spiro atoms. The van der Waals surface area contributed by atoms with E-state index in [1.54, 1.807) is 0 Å². The number of amides is 1. The van der Waals surface area contributed by atoms with Crippen LogP contribution in [0, 0.1) is 5.92 Å². The second kappa shape index (κ2) is 5.64. The highest BCUT2D eigenvalue weighted by molar-refractivity contribution is 5.83. The summed E-state index contributed by atoms with van der Waals surface area (Å²) in [7, 11) is 0. The van der Waals surface area contributed by atoms with Crippen molar-refractivity contribution in [2.45, 2.75) is 12.3 Å². The van der Waals surface area contributed by atoms with Gasteiger partial charge in [0.1, 0.15) is 0 Å². The van der Waals surface area contributed by atoms with Gasteiger partial charge in [-0.1, -0.05) is 42.5 Å². The molecule has 2 atom stereocenters. The van der Waals surface area contributed by atoms with Crippen LogP contribution < -0.4 is 11.1 Å². The largest absolute Gasteiger partial charge is 0.352 e. The molecule has 17 heavy (non-hydrogen) atoms. The van der Waals surface area contributed by atoms with Crippen molar-refractivity contribution < 1.29 is 4.79 Å². The molecule has 90 valence electrons. The summed E-state index contributed by atoms with van der Waals surface area (Å²) in [6.07, 6.45) is 4.70. The molecule has 1 amide bonds. The Kier molecular flexibility index (Phi) is 3.94. The molecule has 0 radical (unpaired) electrons. The third-order valence-corrected chi connectivity index (χ3v) is 3.05. The fourth-order valence-electron chi connectivity index (χ4n) is 2.02. The molecule has 1 aliphatic carbocycles. The minimum Gasteiger partial charge on any atom is -0.352 e. The highest BCUT2D eigenvalue weighted by Crippen LogP contribution is 2.47. The van der Waals surface area contributed by atoms with Crippen LogP contribution in [0.25, 0.3) is 0 Å². The Hall–Kier alpha value is -1.61. The van der Waals surface area contributed by atoms with Gasteiger partial charge in [0.25, 0.3) is 0 Å². The molecule has 2 unspecified atom stereocenters. The molecule has 0 saturated heterocycles. The maximum atomic E-state index is 11.8. The van der Waals surface area contributed by atoms with Gasteiger partial charge in [-0.05, 0) is 17.9 Å². The summed E-state index contributed by atoms with van der Waals surface area (Å²) >= 11 is 0. The molecule has 0 aromatic heterocycles. The lowest BCUT2D eigenvalue weighted by Gasteiger charge is -2.01. The first-order valence-electron chi connectivity index (χ1n) is 6.00. The highest BCUT2D eigenvalue weighted by atomic mass is 16.2. The quantitative estimate of drug-likeness (QED) is 0.752. The molecule has 1 aliphatic rings. The number of nitrogens with two attached hydrogens (primary N) is 1. The van der Waals surface area contributed by atoms with Gasteiger partial charge in [0.15, 0.2) is 0 Å². The fraction of sp³-hybridized carbons (Fsp3) is 0.357. The third kappa shape index (κ3) is 3.17. The number of carbonyl (C=O) groups is 1. The lowest BCUT2D eigenvalue weighted by atomic mass is 10.1. The van der Waals surface area contributed by atoms with Crippen molar-refractivity contribution in [2.24, 2.45) is 11.7 Å². The van der Waals surface area contributed by atoms with Gasteiger partial charge in [-0.25, -0.2) is 0 Å². The maximum absolute atomic E-state index is 11.8. The van der Waals surface area contributed by atoms with Crippen LogP contribution in [0.3, 0.4) is 0 Å². The fourth-order valence-corrected chi connectivity index (χ4v) is 2.02. The molecule has 3 N–H and O–H groups in total. The highest BCUT2D eigenvalue weighted by Gasteiger charge is 2.43. The molecular formula is C14H18N2O. The standard InChI is InChI=1S/C14H18N2O/c15-8-4-5-9-16-14(17)13-10-12(13)11-6-2-1-3-7-11/h1-7,12-13H,8-10,15H2,(H,16,17)/b5-4+. The molecular weight excluding hydrogens is 212 g/mol. The topological polar surface area (TPSA) is 55.1 Å². The average molecular weight is 230 g/mol. The third-order valence-electron chi connectivity index (χ3n) is 3.05. The molecule has 0 heterocycles. The average Bonchev–Trinajstić information content (AvgIpc) is 3.16. The number of rotatable bonds is 5. The predicted octanol–water partition coefficient (Wildman–Crippen LogP) is 1.42. The molecule has 1 aromatic carbocycles. The molecule has 2 rings (SSSR count). The van der Waals surface area contributed by atoms with Crippen LogP contribution in [0.4, 0.5) is 0 Å². The Labute approximate surface area is 102 Å². The Morgan fingerprint density at radius 3 is 2.82 bits per heavy atom. The van der Waals surface area contributed by atoms with Gasteiger partial charge >= 0.3 is 0 Å². The van der Waals surface area contributed by atoms with Crippen LogP contribution in [-0.2, 0) is 4.79 Å². The summed E-state index contributed by atoms with van der Waals surface area (Å²) in [5.41, 5.74) is 6.58. The van der Waals surface area contributed by atoms with Crippen LogP contribution in [0.2, 0.25) is 0 Å². The van der Waals surface area contributed by atoms with Gasteiger partial charge < -0.3 is 11.1 Å². The number of hydrogen-bond acceptors (Lipinski definition) is 2. The summed E-state index contributed by atoms with van der Waals surface area (Å²) < 4.78 is 0. The lowest BCUT2D eigenvalue weighted by molar-refractivity contribution is -0.122. The van der Waals surface area contributed by atoms with Crippen molar-refractivity contribution in [3.63, 3.8) is 0 Å². The van der Waals surface area contributed by atoms with Gasteiger partial charge in [0.2, 0.25) is 5.91 Å². The minimum atomic E-state index is 0.153. The van der Waals surface area contributed by atoms with E-state index in [0.29, 0.717) is 19.0 Å². The summed E-state index contributed by atoms with van der Waals surface area (Å²) in [4.78, 5) is 11.8. The smallest absolute Gasteiger partial charge is 0.223 e. The summed E-state index contributed by atoms with van der Waals surface area (Å²) in [5, 5.41) is 2.90. The lowest BCUT2D eigenvalue weighted by Crippen LogP contribution is -2.25. The Morgan fingerprint density at radius 1 is 1.35 bits per heavy atom. The van der Waals surface area contributed by atoms with E-state index in [-0.39, 0.29) is 11.8 Å². The number of benzene rings is 1. The molecule has 1 saturated carbocycles. The van der Waals surface area contributed by atoms with Gasteiger partial charge in [0, 0.05) is 19.0 Å². The molecule has 1 fully saturated rings. The Morgan fingerprint density at radius 2 is 2.12 bits per heavy atom. The zero-order valence-electron chi connectivity index (χ0n) is 9.80. The first-order valence-corrected chi connectivity index (χ1v) is 6.00. The summed E-state index contributed by atoms with van der Waals surface area (Å²) in [6, 6.07) is 10.2. The number of nitrogens with one attached hydrogen (secondary N) is 1. The Balaban J connectivity index is 1.79. The van der Waals surface area contributed by atoms with Crippen LogP contribution in [0.1, 0.15) is 17.9 Å². The molecule has 3 nitrogen and oxygen atoms in total. The van der Waals surface area contributed by atoms with Crippen LogP contribution in [-0.4, -0.2) is 19.0 Å². The van der Waals surface area contributed by atoms with Crippen molar-refractivity contribution in [3.05, 3.63) is 48.0 Å². The van der Waals surface area contributed by atoms with E-state index < -0.39 is 0 Å². The van der Waals surface area contributed by atoms with E-state index in [0.717, 1.165) is 6.42 Å². The van der Waals surface area contributed by atoms with Crippen LogP contribution in [0.15, 0.2) is 42.5 Å². The normalized spacial score (nSPS) is 22.6. The van der Waals surface area contributed by atoms with Gasteiger partial charge in [0.05, 0.1) is 0 Å². The SMILES string of the molecule is NC/C=C/CNC(=O)C1CC1c1ccccc1. The van der Waals surface area contributed by atoms with E-state index in [2.05, 4.69) is 17.4 Å². The van der Waals surface area contributed by atoms with E-state index in [1.165, 1.54) is 5.56 Å². The number of hydrogen-bond donors (Lipinski definition) is 2. The van der Waals surface area contributed by atoms with Gasteiger partial charge in [-0.15, -0.1) is 0 Å². The monoisotopic (exact) mass is 230 g/mol. The first kappa shape index (κ1) is 11.9. The van der Waals surface area contributed by atoms with Crippen LogP contribution >= 0.6 is 0 Å². The summed E-state index contributed by atoms with van der Waals surface area (Å²) in [5.74, 6) is 0.721. The predicted molar refractivity (Wildman–Crippen MR) is 68.5 cm³/mol. The van der Waals surface area contributed by atoms with Crippen molar-refractivity contribution in [2.75, 3.05) is 13.1 Å². The zero-order valence-corrected chi connectivity index (χ0v) is 9.80. The second-order valence-corrected chi connectivity index (χ2v) is 4.31. The van der Waals surface area contributed by atoms with Crippen LogP contribution in [0.5, 0.6) is 0 Å². The number of carbonyl (C=O) groups excluding carboxylic acids is 1. The van der Waals surface area contributed by atoms with E-state index in [1.807, 2.05) is 30.4 Å². The molecule has 1 aromatic rings.